The van der Waals surface area contributed by atoms with Crippen LogP contribution in [0.1, 0.15) is 51.8 Å². The minimum atomic E-state index is 0.111. The smallest absolute Gasteiger partial charge is 0.183 e. The van der Waals surface area contributed by atoms with E-state index in [4.69, 9.17) is 0 Å². The molecule has 0 unspecified atom stereocenters. The molecule has 0 radical (unpaired) electrons. The van der Waals surface area contributed by atoms with Gasteiger partial charge in [0.15, 0.2) is 17.2 Å². The van der Waals surface area contributed by atoms with Crippen molar-refractivity contribution in [3.63, 3.8) is 0 Å². The summed E-state index contributed by atoms with van der Waals surface area (Å²) >= 11 is 0. The van der Waals surface area contributed by atoms with Crippen LogP contribution in [0.25, 0.3) is 5.65 Å². The molecule has 5 heteroatoms. The van der Waals surface area contributed by atoms with Crippen LogP contribution in [0.3, 0.4) is 0 Å². The highest BCUT2D eigenvalue weighted by molar-refractivity contribution is 5.60. The molecule has 3 aromatic rings. The molecule has 2 aromatic heterocycles. The predicted octanol–water partition coefficient (Wildman–Crippen LogP) is 5.88. The summed E-state index contributed by atoms with van der Waals surface area (Å²) in [5, 5.41) is 18.8. The van der Waals surface area contributed by atoms with Gasteiger partial charge >= 0.3 is 0 Å². The average Bonchev–Trinajstić information content (AvgIpc) is 2.93. The van der Waals surface area contributed by atoms with Crippen molar-refractivity contribution >= 4 is 17.2 Å². The third kappa shape index (κ3) is 3.40. The highest BCUT2D eigenvalue weighted by Crippen LogP contribution is 2.32. The lowest BCUT2D eigenvalue weighted by atomic mass is 9.87. The third-order valence-electron chi connectivity index (χ3n) is 4.17. The number of aromatic nitrogens is 2. The molecule has 0 amide bonds. The van der Waals surface area contributed by atoms with Gasteiger partial charge < -0.3 is 5.11 Å². The van der Waals surface area contributed by atoms with Gasteiger partial charge in [-0.15, -0.1) is 10.2 Å². The van der Waals surface area contributed by atoms with Gasteiger partial charge in [0, 0.05) is 6.20 Å². The third-order valence-corrected chi connectivity index (χ3v) is 4.17. The Morgan fingerprint density at radius 2 is 1.72 bits per heavy atom. The second-order valence-corrected chi connectivity index (χ2v) is 7.56. The van der Waals surface area contributed by atoms with Crippen molar-refractivity contribution in [1.29, 1.82) is 0 Å². The number of imidazole rings is 1. The molecular weight excluding hydrogens is 312 g/mol. The van der Waals surface area contributed by atoms with E-state index in [9.17, 15) is 5.11 Å². The summed E-state index contributed by atoms with van der Waals surface area (Å²) in [7, 11) is 0. The molecular formula is C20H24N4O. The van der Waals surface area contributed by atoms with Crippen molar-refractivity contribution in [3.05, 3.63) is 53.9 Å². The van der Waals surface area contributed by atoms with E-state index in [-0.39, 0.29) is 17.1 Å². The van der Waals surface area contributed by atoms with E-state index in [0.717, 1.165) is 11.4 Å². The van der Waals surface area contributed by atoms with Crippen molar-refractivity contribution in [2.45, 2.75) is 46.0 Å². The first-order valence-electron chi connectivity index (χ1n) is 8.49. The topological polar surface area (TPSA) is 62.2 Å². The normalized spacial score (nSPS) is 12.6. The molecule has 0 bridgehead atoms. The molecule has 0 spiro atoms. The van der Waals surface area contributed by atoms with E-state index in [2.05, 4.69) is 62.0 Å². The van der Waals surface area contributed by atoms with Crippen LogP contribution >= 0.6 is 0 Å². The number of pyridine rings is 1. The Hall–Kier alpha value is -2.69. The Morgan fingerprint density at radius 3 is 2.32 bits per heavy atom. The van der Waals surface area contributed by atoms with Crippen LogP contribution in [0.2, 0.25) is 0 Å². The number of hydrogen-bond acceptors (Lipinski definition) is 4. The molecule has 0 saturated heterocycles. The van der Waals surface area contributed by atoms with Crippen molar-refractivity contribution in [2.75, 3.05) is 0 Å². The molecule has 1 aromatic carbocycles. The lowest BCUT2D eigenvalue weighted by molar-refractivity contribution is 0.477. The number of nitrogens with zero attached hydrogens (tertiary/aromatic N) is 4. The van der Waals surface area contributed by atoms with Crippen molar-refractivity contribution in [1.82, 2.24) is 9.38 Å². The van der Waals surface area contributed by atoms with E-state index in [1.54, 1.807) is 16.5 Å². The van der Waals surface area contributed by atoms with Crippen LogP contribution in [0.5, 0.6) is 5.75 Å². The van der Waals surface area contributed by atoms with Crippen LogP contribution in [0.15, 0.2) is 52.8 Å². The molecule has 0 aliphatic rings. The minimum Gasteiger partial charge on any atom is -0.504 e. The molecule has 25 heavy (non-hydrogen) atoms. The minimum absolute atomic E-state index is 0.111. The van der Waals surface area contributed by atoms with Gasteiger partial charge in [-0.25, -0.2) is 4.98 Å². The van der Waals surface area contributed by atoms with E-state index in [1.165, 1.54) is 5.56 Å². The number of benzene rings is 1. The van der Waals surface area contributed by atoms with Crippen molar-refractivity contribution in [3.8, 4) is 5.75 Å². The zero-order chi connectivity index (χ0) is 18.2. The second kappa shape index (κ2) is 6.31. The summed E-state index contributed by atoms with van der Waals surface area (Å²) in [5.74, 6) is 0.970. The molecule has 1 N–H and O–H groups in total. The van der Waals surface area contributed by atoms with Crippen LogP contribution in [-0.2, 0) is 5.41 Å². The Labute approximate surface area is 148 Å². The lowest BCUT2D eigenvalue weighted by Gasteiger charge is -2.18. The number of azo groups is 1. The van der Waals surface area contributed by atoms with Crippen LogP contribution in [-0.4, -0.2) is 14.5 Å². The first-order valence-corrected chi connectivity index (χ1v) is 8.49. The highest BCUT2D eigenvalue weighted by atomic mass is 16.3. The van der Waals surface area contributed by atoms with Gasteiger partial charge in [0.25, 0.3) is 0 Å². The van der Waals surface area contributed by atoms with Gasteiger partial charge in [-0.1, -0.05) is 46.8 Å². The molecule has 3 rings (SSSR count). The summed E-state index contributed by atoms with van der Waals surface area (Å²) in [4.78, 5) is 4.53. The second-order valence-electron chi connectivity index (χ2n) is 7.56. The van der Waals surface area contributed by atoms with Crippen LogP contribution < -0.4 is 0 Å². The van der Waals surface area contributed by atoms with E-state index >= 15 is 0 Å². The van der Waals surface area contributed by atoms with Crippen molar-refractivity contribution in [2.24, 2.45) is 10.2 Å². The molecule has 130 valence electrons. The maximum atomic E-state index is 10.0. The summed E-state index contributed by atoms with van der Waals surface area (Å²) in [5.41, 5.74) is 3.48. The van der Waals surface area contributed by atoms with Gasteiger partial charge in [0.2, 0.25) is 0 Å². The van der Waals surface area contributed by atoms with E-state index in [1.807, 2.05) is 18.3 Å². The Balaban J connectivity index is 2.01. The van der Waals surface area contributed by atoms with Crippen LogP contribution in [0, 0.1) is 0 Å². The maximum absolute atomic E-state index is 10.0. The fourth-order valence-corrected chi connectivity index (χ4v) is 2.68. The number of fused-ring (bicyclic) bond motifs is 1. The SMILES string of the molecule is CC(C)c1nc2c(O)cccn2c1N=Nc1ccc(C(C)(C)C)cc1. The summed E-state index contributed by atoms with van der Waals surface area (Å²) in [6.07, 6.45) is 1.84. The van der Waals surface area contributed by atoms with Gasteiger partial charge in [-0.05, 0) is 41.2 Å². The monoisotopic (exact) mass is 336 g/mol. The van der Waals surface area contributed by atoms with Gasteiger partial charge in [0.05, 0.1) is 11.4 Å². The van der Waals surface area contributed by atoms with Gasteiger partial charge in [-0.3, -0.25) is 4.40 Å². The summed E-state index contributed by atoms with van der Waals surface area (Å²) < 4.78 is 1.78. The van der Waals surface area contributed by atoms with Gasteiger partial charge in [0.1, 0.15) is 0 Å². The Morgan fingerprint density at radius 1 is 1.04 bits per heavy atom. The first kappa shape index (κ1) is 17.1. The zero-order valence-corrected chi connectivity index (χ0v) is 15.4. The molecule has 0 saturated carbocycles. The Kier molecular flexibility index (Phi) is 4.33. The first-order chi connectivity index (χ1) is 11.8. The fourth-order valence-electron chi connectivity index (χ4n) is 2.68. The number of rotatable bonds is 3. The average molecular weight is 336 g/mol. The molecule has 5 nitrogen and oxygen atoms in total. The van der Waals surface area contributed by atoms with Crippen LogP contribution in [0.4, 0.5) is 11.5 Å². The molecule has 0 fully saturated rings. The summed E-state index contributed by atoms with van der Waals surface area (Å²) in [6.45, 7) is 10.7. The zero-order valence-electron chi connectivity index (χ0n) is 15.4. The molecule has 0 atom stereocenters. The quantitative estimate of drug-likeness (QED) is 0.607. The largest absolute Gasteiger partial charge is 0.504 e. The standard InChI is InChI=1S/C20H24N4O/c1-13(2)17-19(24-12-6-7-16(25)18(24)21-17)23-22-15-10-8-14(9-11-15)20(3,4)5/h6-13,25H,1-5H3. The molecule has 0 aliphatic carbocycles. The Bertz CT molecular complexity index is 915. The summed E-state index contributed by atoms with van der Waals surface area (Å²) in [6, 6.07) is 11.5. The maximum Gasteiger partial charge on any atom is 0.183 e. The highest BCUT2D eigenvalue weighted by Gasteiger charge is 2.17. The molecule has 2 heterocycles. The van der Waals surface area contributed by atoms with E-state index in [0.29, 0.717) is 11.5 Å². The van der Waals surface area contributed by atoms with E-state index < -0.39 is 0 Å². The lowest BCUT2D eigenvalue weighted by Crippen LogP contribution is -2.10. The number of aromatic hydroxyl groups is 1. The predicted molar refractivity (Wildman–Crippen MR) is 100 cm³/mol. The van der Waals surface area contributed by atoms with Crippen molar-refractivity contribution < 1.29 is 5.11 Å². The fraction of sp³-hybridized carbons (Fsp3) is 0.350. The number of hydrogen-bond donors (Lipinski definition) is 1. The molecule has 0 aliphatic heterocycles. The van der Waals surface area contributed by atoms with Gasteiger partial charge in [-0.2, -0.15) is 0 Å².